The molecule has 0 spiro atoms. The molecule has 29 heavy (non-hydrogen) atoms. The van der Waals surface area contributed by atoms with Crippen molar-refractivity contribution in [2.75, 3.05) is 0 Å². The molecule has 1 aromatic carbocycles. The molecule has 0 aliphatic heterocycles. The van der Waals surface area contributed by atoms with E-state index < -0.39 is 11.9 Å². The Hall–Kier alpha value is -1.04. The van der Waals surface area contributed by atoms with Gasteiger partial charge in [-0.3, -0.25) is 0 Å². The van der Waals surface area contributed by atoms with Crippen molar-refractivity contribution in [3.05, 3.63) is 35.4 Å². The molecule has 0 aromatic heterocycles. The number of benzene rings is 1. The number of carboxylic acids is 2. The molecule has 0 unspecified atom stereocenters. The van der Waals surface area contributed by atoms with Crippen LogP contribution in [0.5, 0.6) is 0 Å². The minimum atomic E-state index is -1.23. The van der Waals surface area contributed by atoms with Gasteiger partial charge in [-0.25, -0.2) is 9.59 Å². The van der Waals surface area contributed by atoms with E-state index in [9.17, 15) is 9.59 Å². The monoisotopic (exact) mass is 512 g/mol. The summed E-state index contributed by atoms with van der Waals surface area (Å²) in [4.78, 5) is 20.9. The van der Waals surface area contributed by atoms with E-state index in [0.29, 0.717) is 0 Å². The van der Waals surface area contributed by atoms with Crippen LogP contribution in [0.25, 0.3) is 0 Å². The first-order chi connectivity index (χ1) is 14.0. The quantitative estimate of drug-likeness (QED) is 0.180. The standard InChI is InChI=1S/C8H6O4.2C8H17.Sn/c9-7(10)5-3-1-2-4-6(5)8(11)12;2*1-3-5-7-8-6-4-2;/h1-4H,(H,9,10)(H,11,12);2*1,3-8H2,2H3;. The molecule has 1 rings (SSSR count). The first-order valence-electron chi connectivity index (χ1n) is 11.3. The van der Waals surface area contributed by atoms with E-state index in [-0.39, 0.29) is 32.3 Å². The first kappa shape index (κ1) is 28.0. The van der Waals surface area contributed by atoms with Gasteiger partial charge < -0.3 is 10.2 Å². The van der Waals surface area contributed by atoms with E-state index in [1.54, 1.807) is 21.7 Å². The van der Waals surface area contributed by atoms with Crippen LogP contribution in [-0.2, 0) is 0 Å². The van der Waals surface area contributed by atoms with Crippen LogP contribution in [0.1, 0.15) is 112 Å². The molecule has 164 valence electrons. The first-order valence-corrected chi connectivity index (χ1v) is 15.3. The Morgan fingerprint density at radius 3 is 1.34 bits per heavy atom. The second-order valence-corrected chi connectivity index (χ2v) is 11.7. The van der Waals surface area contributed by atoms with Gasteiger partial charge in [-0.2, -0.15) is 0 Å². The second kappa shape index (κ2) is 20.2. The maximum Gasteiger partial charge on any atom is 0.336 e. The number of aromatic carboxylic acids is 2. The zero-order chi connectivity index (χ0) is 21.7. The molecule has 5 heteroatoms. The summed E-state index contributed by atoms with van der Waals surface area (Å²) in [7, 11) is 0. The Bertz CT molecular complexity index is 498. The van der Waals surface area contributed by atoms with Crippen molar-refractivity contribution in [1.29, 1.82) is 0 Å². The Morgan fingerprint density at radius 1 is 0.655 bits per heavy atom. The third-order valence-electron chi connectivity index (χ3n) is 4.80. The van der Waals surface area contributed by atoms with Gasteiger partial charge in [0.25, 0.3) is 0 Å². The maximum atomic E-state index is 10.5. The van der Waals surface area contributed by atoms with Gasteiger partial charge in [0.15, 0.2) is 0 Å². The van der Waals surface area contributed by atoms with Crippen molar-refractivity contribution < 1.29 is 19.8 Å². The number of unbranched alkanes of at least 4 members (excludes halogenated alkanes) is 10. The molecule has 2 N–H and O–H groups in total. The number of rotatable bonds is 16. The van der Waals surface area contributed by atoms with Gasteiger partial charge in [-0.05, 0) is 12.1 Å². The van der Waals surface area contributed by atoms with Gasteiger partial charge in [-0.1, -0.05) is 12.1 Å². The third kappa shape index (κ3) is 16.4. The fourth-order valence-electron chi connectivity index (χ4n) is 3.04. The van der Waals surface area contributed by atoms with E-state index in [2.05, 4.69) is 13.8 Å². The minimum absolute atomic E-state index is 0.0736. The summed E-state index contributed by atoms with van der Waals surface area (Å²) in [5.74, 6) is -2.46. The van der Waals surface area contributed by atoms with Crippen LogP contribution >= 0.6 is 0 Å². The summed E-state index contributed by atoms with van der Waals surface area (Å²) in [6.45, 7) is 4.60. The number of hydrogen-bond donors (Lipinski definition) is 2. The van der Waals surface area contributed by atoms with Crippen LogP contribution < -0.4 is 0 Å². The zero-order valence-electron chi connectivity index (χ0n) is 18.4. The summed E-state index contributed by atoms with van der Waals surface area (Å²) in [5, 5.41) is 17.1. The van der Waals surface area contributed by atoms with Crippen LogP contribution in [0.4, 0.5) is 0 Å². The molecule has 1 aromatic rings. The summed E-state index contributed by atoms with van der Waals surface area (Å²) in [6, 6.07) is 5.48. The number of carboxylic acid groups (broad SMARTS) is 2. The fraction of sp³-hybridized carbons (Fsp3) is 0.667. The van der Waals surface area contributed by atoms with Crippen molar-refractivity contribution in [3.8, 4) is 0 Å². The van der Waals surface area contributed by atoms with E-state index >= 15 is 0 Å². The Balaban J connectivity index is 0.000000571. The summed E-state index contributed by atoms with van der Waals surface area (Å²) in [6.07, 6.45) is 17.8. The van der Waals surface area contributed by atoms with Gasteiger partial charge in [0, 0.05) is 0 Å². The van der Waals surface area contributed by atoms with Crippen LogP contribution in [0.15, 0.2) is 24.3 Å². The predicted molar refractivity (Wildman–Crippen MR) is 122 cm³/mol. The molecule has 0 saturated carbocycles. The minimum Gasteiger partial charge on any atom is -0.478 e. The number of hydrogen-bond acceptors (Lipinski definition) is 2. The number of carbonyl (C=O) groups is 2. The average molecular weight is 511 g/mol. The van der Waals surface area contributed by atoms with Crippen molar-refractivity contribution >= 4 is 33.1 Å². The third-order valence-corrected chi connectivity index (χ3v) is 8.84. The summed E-state index contributed by atoms with van der Waals surface area (Å²) in [5.41, 5.74) is -0.380. The Labute approximate surface area is 187 Å². The molecule has 0 aliphatic rings. The predicted octanol–water partition coefficient (Wildman–Crippen LogP) is 7.33. The molecule has 0 saturated heterocycles. The van der Waals surface area contributed by atoms with Crippen LogP contribution in [0, 0.1) is 0 Å². The van der Waals surface area contributed by atoms with Crippen LogP contribution in [0.2, 0.25) is 8.87 Å². The molecular weight excluding hydrogens is 471 g/mol. The molecular formula is C24H40O4Sn. The largest absolute Gasteiger partial charge is 0.478 e. The van der Waals surface area contributed by atoms with Gasteiger partial charge in [-0.15, -0.1) is 0 Å². The van der Waals surface area contributed by atoms with Gasteiger partial charge >= 0.3 is 133 Å². The van der Waals surface area contributed by atoms with E-state index in [1.807, 2.05) is 0 Å². The molecule has 0 fully saturated rings. The topological polar surface area (TPSA) is 74.6 Å². The average Bonchev–Trinajstić information content (AvgIpc) is 2.72. The van der Waals surface area contributed by atoms with Crippen molar-refractivity contribution in [1.82, 2.24) is 0 Å². The van der Waals surface area contributed by atoms with Crippen LogP contribution in [0.3, 0.4) is 0 Å². The van der Waals surface area contributed by atoms with Crippen molar-refractivity contribution in [2.45, 2.75) is 99.8 Å². The molecule has 4 nitrogen and oxygen atoms in total. The smallest absolute Gasteiger partial charge is 0.336 e. The van der Waals surface area contributed by atoms with E-state index in [4.69, 9.17) is 10.2 Å². The van der Waals surface area contributed by atoms with E-state index in [1.165, 1.54) is 88.5 Å². The zero-order valence-corrected chi connectivity index (χ0v) is 21.3. The van der Waals surface area contributed by atoms with Gasteiger partial charge in [0.05, 0.1) is 11.1 Å². The normalized spacial score (nSPS) is 10.3. The Morgan fingerprint density at radius 2 is 1.00 bits per heavy atom. The van der Waals surface area contributed by atoms with Crippen molar-refractivity contribution in [2.24, 2.45) is 0 Å². The molecule has 0 amide bonds. The van der Waals surface area contributed by atoms with Gasteiger partial charge in [0.1, 0.15) is 0 Å². The molecule has 2 radical (unpaired) electrons. The van der Waals surface area contributed by atoms with E-state index in [0.717, 1.165) is 0 Å². The SMILES string of the molecule is CCCCCCC[CH2][Sn][CH2]CCCCCCC.O=C(O)c1ccccc1C(=O)O. The van der Waals surface area contributed by atoms with Gasteiger partial charge in [0.2, 0.25) is 0 Å². The van der Waals surface area contributed by atoms with Crippen molar-refractivity contribution in [3.63, 3.8) is 0 Å². The molecule has 0 heterocycles. The molecule has 0 bridgehead atoms. The second-order valence-electron chi connectivity index (χ2n) is 7.44. The van der Waals surface area contributed by atoms with Crippen LogP contribution in [-0.4, -0.2) is 43.3 Å². The summed E-state index contributed by atoms with van der Waals surface area (Å²) < 4.78 is 3.31. The molecule has 0 atom stereocenters. The Kier molecular flexibility index (Phi) is 19.5. The maximum absolute atomic E-state index is 10.5. The summed E-state index contributed by atoms with van der Waals surface area (Å²) >= 11 is 0.0736. The molecule has 0 aliphatic carbocycles. The fourth-order valence-corrected chi connectivity index (χ4v) is 6.61.